The Hall–Kier alpha value is -2.55. The van der Waals surface area contributed by atoms with Crippen LogP contribution in [-0.2, 0) is 20.9 Å². The number of carbonyl (C=O) groups is 2. The van der Waals surface area contributed by atoms with E-state index in [9.17, 15) is 9.59 Å². The van der Waals surface area contributed by atoms with E-state index in [2.05, 4.69) is 4.98 Å². The smallest absolute Gasteiger partial charge is 0.307 e. The third-order valence-electron chi connectivity index (χ3n) is 4.14. The predicted octanol–water partition coefficient (Wildman–Crippen LogP) is 5.72. The number of thioether (sulfide) groups is 1. The van der Waals surface area contributed by atoms with E-state index in [0.29, 0.717) is 33.0 Å². The number of nitrogens with zero attached hydrogens (tertiary/aromatic N) is 2. The maximum Gasteiger partial charge on any atom is 0.307 e. The highest BCUT2D eigenvalue weighted by Crippen LogP contribution is 2.35. The molecule has 1 heterocycles. The predicted molar refractivity (Wildman–Crippen MR) is 125 cm³/mol. The Morgan fingerprint density at radius 2 is 1.90 bits per heavy atom. The molecule has 3 rings (SSSR count). The molecule has 0 aliphatic rings. The number of ether oxygens (including phenoxy) is 2. The van der Waals surface area contributed by atoms with Gasteiger partial charge in [0.05, 0.1) is 24.9 Å². The molecule has 2 aromatic carbocycles. The number of rotatable bonds is 9. The number of benzene rings is 2. The van der Waals surface area contributed by atoms with E-state index in [0.717, 1.165) is 4.90 Å². The van der Waals surface area contributed by atoms with Gasteiger partial charge in [0.25, 0.3) is 0 Å². The molecule has 0 bridgehead atoms. The minimum atomic E-state index is -0.302. The van der Waals surface area contributed by atoms with Crippen molar-refractivity contribution < 1.29 is 19.1 Å². The quantitative estimate of drug-likeness (QED) is 0.291. The number of amides is 1. The first-order valence-corrected chi connectivity index (χ1v) is 11.6. The minimum Gasteiger partial charge on any atom is -0.495 e. The molecule has 6 nitrogen and oxygen atoms in total. The van der Waals surface area contributed by atoms with Gasteiger partial charge in [0.1, 0.15) is 12.4 Å². The first kappa shape index (κ1) is 23.1. The van der Waals surface area contributed by atoms with Gasteiger partial charge in [0.15, 0.2) is 5.13 Å². The lowest BCUT2D eigenvalue weighted by Crippen LogP contribution is -2.23. The van der Waals surface area contributed by atoms with Crippen LogP contribution in [0.15, 0.2) is 58.8 Å². The Kier molecular flexibility index (Phi) is 8.34. The van der Waals surface area contributed by atoms with Crippen LogP contribution in [0.5, 0.6) is 5.75 Å². The fraction of sp³-hybridized carbons (Fsp3) is 0.227. The summed E-state index contributed by atoms with van der Waals surface area (Å²) in [5.41, 5.74) is 1.19. The van der Waals surface area contributed by atoms with Gasteiger partial charge in [0.2, 0.25) is 5.91 Å². The maximum atomic E-state index is 12.3. The molecule has 0 unspecified atom stereocenters. The molecular weight excluding hydrogens is 456 g/mol. The Balaban J connectivity index is 1.55. The lowest BCUT2D eigenvalue weighted by molar-refractivity contribution is -0.144. The van der Waals surface area contributed by atoms with E-state index in [1.165, 1.54) is 23.2 Å². The highest BCUT2D eigenvalue weighted by Gasteiger charge is 2.21. The van der Waals surface area contributed by atoms with Crippen molar-refractivity contribution >= 4 is 57.4 Å². The van der Waals surface area contributed by atoms with Crippen LogP contribution in [0.1, 0.15) is 19.0 Å². The van der Waals surface area contributed by atoms with E-state index in [1.54, 1.807) is 36.4 Å². The van der Waals surface area contributed by atoms with E-state index in [-0.39, 0.29) is 24.9 Å². The topological polar surface area (TPSA) is 68.7 Å². The lowest BCUT2D eigenvalue weighted by atomic mass is 10.2. The van der Waals surface area contributed by atoms with Crippen molar-refractivity contribution in [1.82, 2.24) is 4.98 Å². The average molecular weight is 477 g/mol. The number of esters is 1. The Morgan fingerprint density at radius 3 is 2.61 bits per heavy atom. The molecule has 0 aliphatic heterocycles. The lowest BCUT2D eigenvalue weighted by Gasteiger charge is -2.20. The van der Waals surface area contributed by atoms with E-state index < -0.39 is 0 Å². The molecule has 0 N–H and O–H groups in total. The SMILES string of the molecule is COc1ccccc1N(C(C)=O)c1nc(COC(=O)CCSc2ccc(Cl)cc2)cs1. The number of para-hydroxylation sites is 2. The minimum absolute atomic E-state index is 0.0542. The van der Waals surface area contributed by atoms with Crippen molar-refractivity contribution in [3.8, 4) is 5.75 Å². The van der Waals surface area contributed by atoms with Gasteiger partial charge in [-0.2, -0.15) is 0 Å². The summed E-state index contributed by atoms with van der Waals surface area (Å²) in [5, 5.41) is 2.94. The van der Waals surface area contributed by atoms with E-state index in [1.807, 2.05) is 36.4 Å². The van der Waals surface area contributed by atoms with Crippen LogP contribution in [-0.4, -0.2) is 29.7 Å². The molecule has 0 atom stereocenters. The van der Waals surface area contributed by atoms with Crippen LogP contribution >= 0.6 is 34.7 Å². The van der Waals surface area contributed by atoms with Gasteiger partial charge in [-0.1, -0.05) is 23.7 Å². The van der Waals surface area contributed by atoms with Gasteiger partial charge in [0, 0.05) is 28.0 Å². The zero-order valence-electron chi connectivity index (χ0n) is 17.0. The number of halogens is 1. The zero-order valence-corrected chi connectivity index (χ0v) is 19.4. The summed E-state index contributed by atoms with van der Waals surface area (Å²) in [6, 6.07) is 14.7. The molecule has 1 amide bonds. The fourth-order valence-corrected chi connectivity index (χ4v) is 4.52. The zero-order chi connectivity index (χ0) is 22.2. The molecule has 162 valence electrons. The van der Waals surface area contributed by atoms with Crippen LogP contribution in [0, 0.1) is 0 Å². The summed E-state index contributed by atoms with van der Waals surface area (Å²) in [5.74, 6) is 0.680. The Morgan fingerprint density at radius 1 is 1.16 bits per heavy atom. The standard InChI is InChI=1S/C22H21ClN2O4S2/c1-15(26)25(19-5-3-4-6-20(19)28-2)22-24-17(14-31-22)13-29-21(27)11-12-30-18-9-7-16(23)8-10-18/h3-10,14H,11-13H2,1-2H3. The number of carbonyl (C=O) groups excluding carboxylic acids is 2. The molecule has 1 aromatic heterocycles. The average Bonchev–Trinajstić information content (AvgIpc) is 3.22. The third-order valence-corrected chi connectivity index (χ3v) is 6.28. The molecule has 0 spiro atoms. The van der Waals surface area contributed by atoms with Gasteiger partial charge < -0.3 is 9.47 Å². The largest absolute Gasteiger partial charge is 0.495 e. The second-order valence-corrected chi connectivity index (χ2v) is 8.80. The van der Waals surface area contributed by atoms with Crippen molar-refractivity contribution in [3.05, 3.63) is 64.6 Å². The molecule has 0 saturated carbocycles. The molecule has 9 heteroatoms. The van der Waals surface area contributed by atoms with Crippen molar-refractivity contribution in [1.29, 1.82) is 0 Å². The molecule has 0 radical (unpaired) electrons. The highest BCUT2D eigenvalue weighted by atomic mass is 35.5. The molecular formula is C22H21ClN2O4S2. The van der Waals surface area contributed by atoms with Gasteiger partial charge >= 0.3 is 5.97 Å². The van der Waals surface area contributed by atoms with Crippen LogP contribution in [0.3, 0.4) is 0 Å². The fourth-order valence-electron chi connectivity index (χ4n) is 2.70. The first-order chi connectivity index (χ1) is 15.0. The molecule has 3 aromatic rings. The Bertz CT molecular complexity index is 1040. The number of hydrogen-bond acceptors (Lipinski definition) is 7. The summed E-state index contributed by atoms with van der Waals surface area (Å²) in [7, 11) is 1.55. The maximum absolute atomic E-state index is 12.3. The van der Waals surface area contributed by atoms with Crippen molar-refractivity contribution in [2.75, 3.05) is 17.8 Å². The van der Waals surface area contributed by atoms with Crippen molar-refractivity contribution in [2.45, 2.75) is 24.8 Å². The number of thiazole rings is 1. The number of anilines is 2. The van der Waals surface area contributed by atoms with Crippen LogP contribution < -0.4 is 9.64 Å². The van der Waals surface area contributed by atoms with Crippen molar-refractivity contribution in [2.24, 2.45) is 0 Å². The van der Waals surface area contributed by atoms with Crippen molar-refractivity contribution in [3.63, 3.8) is 0 Å². The van der Waals surface area contributed by atoms with Crippen LogP contribution in [0.2, 0.25) is 5.02 Å². The summed E-state index contributed by atoms with van der Waals surface area (Å²) < 4.78 is 10.7. The van der Waals surface area contributed by atoms with E-state index >= 15 is 0 Å². The second kappa shape index (κ2) is 11.2. The van der Waals surface area contributed by atoms with Gasteiger partial charge in [-0.25, -0.2) is 4.98 Å². The van der Waals surface area contributed by atoms with Crippen LogP contribution in [0.25, 0.3) is 0 Å². The highest BCUT2D eigenvalue weighted by molar-refractivity contribution is 7.99. The number of methoxy groups -OCH3 is 1. The third kappa shape index (κ3) is 6.46. The first-order valence-electron chi connectivity index (χ1n) is 9.40. The van der Waals surface area contributed by atoms with Crippen LogP contribution in [0.4, 0.5) is 10.8 Å². The van der Waals surface area contributed by atoms with Gasteiger partial charge in [-0.3, -0.25) is 14.5 Å². The molecule has 0 aliphatic carbocycles. The monoisotopic (exact) mass is 476 g/mol. The summed E-state index contributed by atoms with van der Waals surface area (Å²) in [6.45, 7) is 1.52. The normalized spacial score (nSPS) is 10.5. The second-order valence-electron chi connectivity index (χ2n) is 6.36. The summed E-state index contributed by atoms with van der Waals surface area (Å²) in [4.78, 5) is 31.3. The number of hydrogen-bond donors (Lipinski definition) is 0. The van der Waals surface area contributed by atoms with Gasteiger partial charge in [-0.15, -0.1) is 23.1 Å². The Labute approximate surface area is 194 Å². The molecule has 31 heavy (non-hydrogen) atoms. The summed E-state index contributed by atoms with van der Waals surface area (Å²) in [6.07, 6.45) is 0.283. The molecule has 0 fully saturated rings. The summed E-state index contributed by atoms with van der Waals surface area (Å²) >= 11 is 8.73. The number of aromatic nitrogens is 1. The van der Waals surface area contributed by atoms with Gasteiger partial charge in [-0.05, 0) is 36.4 Å². The molecule has 0 saturated heterocycles. The van der Waals surface area contributed by atoms with E-state index in [4.69, 9.17) is 21.1 Å².